The van der Waals surface area contributed by atoms with E-state index in [4.69, 9.17) is 4.52 Å². The Morgan fingerprint density at radius 3 is 2.38 bits per heavy atom. The summed E-state index contributed by atoms with van der Waals surface area (Å²) in [4.78, 5) is 12.3. The Hall–Kier alpha value is -1.62. The molecular formula is C14H14NO4PS. The van der Waals surface area contributed by atoms with Crippen molar-refractivity contribution in [1.29, 1.82) is 0 Å². The first-order valence-corrected chi connectivity index (χ1v) is 8.98. The van der Waals surface area contributed by atoms with E-state index in [1.54, 1.807) is 12.1 Å². The van der Waals surface area contributed by atoms with Crippen LogP contribution in [0, 0.1) is 10.1 Å². The molecule has 0 N–H and O–H groups in total. The van der Waals surface area contributed by atoms with E-state index in [1.807, 2.05) is 30.3 Å². The van der Waals surface area contributed by atoms with Crippen molar-refractivity contribution in [2.24, 2.45) is 0 Å². The second kappa shape index (κ2) is 6.43. The minimum Gasteiger partial charge on any atom is -0.329 e. The molecule has 7 heteroatoms. The minimum absolute atomic E-state index is 0.135. The fraction of sp³-hybridized carbons (Fsp3) is 0.143. The van der Waals surface area contributed by atoms with Gasteiger partial charge in [-0.05, 0) is 24.3 Å². The molecule has 110 valence electrons. The predicted octanol–water partition coefficient (Wildman–Crippen LogP) is 3.93. The predicted molar refractivity (Wildman–Crippen MR) is 83.8 cm³/mol. The van der Waals surface area contributed by atoms with Crippen molar-refractivity contribution in [3.8, 4) is 0 Å². The average Bonchev–Trinajstić information content (AvgIpc) is 2.48. The van der Waals surface area contributed by atoms with Crippen molar-refractivity contribution in [2.45, 2.75) is 9.79 Å². The first-order chi connectivity index (χ1) is 9.94. The summed E-state index contributed by atoms with van der Waals surface area (Å²) < 4.78 is 17.3. The summed E-state index contributed by atoms with van der Waals surface area (Å²) in [5, 5.41) is 11.2. The molecule has 5 nitrogen and oxygen atoms in total. The third-order valence-electron chi connectivity index (χ3n) is 2.91. The molecule has 1 unspecified atom stereocenters. The Labute approximate surface area is 126 Å². The molecule has 0 aliphatic heterocycles. The van der Waals surface area contributed by atoms with Crippen molar-refractivity contribution in [1.82, 2.24) is 0 Å². The molecule has 0 amide bonds. The van der Waals surface area contributed by atoms with Crippen LogP contribution < -0.4 is 5.30 Å². The lowest BCUT2D eigenvalue weighted by molar-refractivity contribution is -0.383. The zero-order chi connectivity index (χ0) is 15.5. The normalized spacial score (nSPS) is 13.6. The van der Waals surface area contributed by atoms with Crippen LogP contribution in [-0.2, 0) is 9.09 Å². The molecule has 0 bridgehead atoms. The lowest BCUT2D eigenvalue weighted by Gasteiger charge is -2.12. The third-order valence-corrected chi connectivity index (χ3v) is 5.84. The van der Waals surface area contributed by atoms with Gasteiger partial charge in [0.05, 0.1) is 4.92 Å². The monoisotopic (exact) mass is 323 g/mol. The molecular weight excluding hydrogens is 309 g/mol. The second-order valence-corrected chi connectivity index (χ2v) is 8.04. The third kappa shape index (κ3) is 3.73. The van der Waals surface area contributed by atoms with Crippen molar-refractivity contribution in [3.05, 3.63) is 58.6 Å². The maximum absolute atomic E-state index is 12.4. The van der Waals surface area contributed by atoms with E-state index in [1.165, 1.54) is 31.6 Å². The summed E-state index contributed by atoms with van der Waals surface area (Å²) >= 11 is 1.45. The molecule has 1 atom stereocenters. The van der Waals surface area contributed by atoms with Crippen LogP contribution in [0.3, 0.4) is 0 Å². The molecule has 0 spiro atoms. The molecule has 0 heterocycles. The van der Waals surface area contributed by atoms with Gasteiger partial charge in [-0.2, -0.15) is 0 Å². The molecule has 0 aliphatic carbocycles. The number of nitrogens with zero attached hydrogens (tertiary/aromatic N) is 1. The van der Waals surface area contributed by atoms with Crippen LogP contribution in [0.15, 0.2) is 58.3 Å². The topological polar surface area (TPSA) is 69.4 Å². The van der Waals surface area contributed by atoms with E-state index in [9.17, 15) is 14.7 Å². The molecule has 0 aromatic heterocycles. The number of nitro groups is 1. The number of hydrogen-bond acceptors (Lipinski definition) is 5. The Kier molecular flexibility index (Phi) is 4.83. The van der Waals surface area contributed by atoms with Gasteiger partial charge in [0.15, 0.2) is 0 Å². The van der Waals surface area contributed by atoms with Gasteiger partial charge in [0, 0.05) is 29.6 Å². The smallest absolute Gasteiger partial charge is 0.282 e. The van der Waals surface area contributed by atoms with Crippen molar-refractivity contribution < 1.29 is 14.0 Å². The summed E-state index contributed by atoms with van der Waals surface area (Å²) in [5.41, 5.74) is -0.180. The summed E-state index contributed by atoms with van der Waals surface area (Å²) in [7, 11) is -1.91. The van der Waals surface area contributed by atoms with Crippen LogP contribution >= 0.6 is 19.1 Å². The van der Waals surface area contributed by atoms with Gasteiger partial charge in [0.2, 0.25) is 7.37 Å². The van der Waals surface area contributed by atoms with Gasteiger partial charge in [0.25, 0.3) is 5.69 Å². The standard InChI is InChI=1S/C14H14NO4PS/c1-19-20(2,18)14-10-12(8-9-13(14)15(16)17)21-11-6-4-3-5-7-11/h3-10H,1-2H3. The van der Waals surface area contributed by atoms with Crippen molar-refractivity contribution in [3.63, 3.8) is 0 Å². The highest BCUT2D eigenvalue weighted by Gasteiger charge is 2.28. The molecule has 0 fully saturated rings. The van der Waals surface area contributed by atoms with Gasteiger partial charge in [-0.25, -0.2) is 0 Å². The highest BCUT2D eigenvalue weighted by atomic mass is 32.2. The van der Waals surface area contributed by atoms with Crippen LogP contribution in [-0.4, -0.2) is 18.7 Å². The quantitative estimate of drug-likeness (QED) is 0.474. The molecule has 0 saturated heterocycles. The van der Waals surface area contributed by atoms with E-state index in [0.29, 0.717) is 0 Å². The maximum atomic E-state index is 12.4. The first kappa shape index (κ1) is 15.8. The summed E-state index contributed by atoms with van der Waals surface area (Å²) in [6.45, 7) is 1.38. The van der Waals surface area contributed by atoms with Gasteiger partial charge in [0.1, 0.15) is 5.30 Å². The van der Waals surface area contributed by atoms with Crippen molar-refractivity contribution in [2.75, 3.05) is 13.8 Å². The molecule has 0 aliphatic rings. The van der Waals surface area contributed by atoms with Crippen LogP contribution in [0.25, 0.3) is 0 Å². The number of hydrogen-bond donors (Lipinski definition) is 0. The van der Waals surface area contributed by atoms with Crippen LogP contribution in [0.5, 0.6) is 0 Å². The number of rotatable bonds is 5. The Balaban J connectivity index is 2.45. The lowest BCUT2D eigenvalue weighted by atomic mass is 10.3. The fourth-order valence-electron chi connectivity index (χ4n) is 1.77. The maximum Gasteiger partial charge on any atom is 0.282 e. The Morgan fingerprint density at radius 2 is 1.81 bits per heavy atom. The molecule has 0 saturated carbocycles. The zero-order valence-electron chi connectivity index (χ0n) is 11.6. The zero-order valence-corrected chi connectivity index (χ0v) is 13.3. The van der Waals surface area contributed by atoms with Crippen LogP contribution in [0.1, 0.15) is 0 Å². The van der Waals surface area contributed by atoms with Gasteiger partial charge in [-0.1, -0.05) is 30.0 Å². The van der Waals surface area contributed by atoms with E-state index >= 15 is 0 Å². The Bertz CT molecular complexity index is 705. The molecule has 21 heavy (non-hydrogen) atoms. The average molecular weight is 323 g/mol. The second-order valence-electron chi connectivity index (χ2n) is 4.35. The highest BCUT2D eigenvalue weighted by Crippen LogP contribution is 2.44. The first-order valence-electron chi connectivity index (χ1n) is 6.09. The molecule has 2 aromatic carbocycles. The van der Waals surface area contributed by atoms with Crippen molar-refractivity contribution >= 4 is 30.1 Å². The van der Waals surface area contributed by atoms with Gasteiger partial charge < -0.3 is 4.52 Å². The van der Waals surface area contributed by atoms with E-state index < -0.39 is 12.3 Å². The largest absolute Gasteiger partial charge is 0.329 e. The number of benzene rings is 2. The highest BCUT2D eigenvalue weighted by molar-refractivity contribution is 7.99. The lowest BCUT2D eigenvalue weighted by Crippen LogP contribution is -2.11. The van der Waals surface area contributed by atoms with E-state index in [0.717, 1.165) is 9.79 Å². The van der Waals surface area contributed by atoms with Gasteiger partial charge >= 0.3 is 0 Å². The molecule has 2 aromatic rings. The Morgan fingerprint density at radius 1 is 1.14 bits per heavy atom. The van der Waals surface area contributed by atoms with Crippen LogP contribution in [0.2, 0.25) is 0 Å². The van der Waals surface area contributed by atoms with E-state index in [2.05, 4.69) is 0 Å². The summed E-state index contributed by atoms with van der Waals surface area (Å²) in [6.07, 6.45) is 0. The van der Waals surface area contributed by atoms with Gasteiger partial charge in [-0.3, -0.25) is 14.7 Å². The van der Waals surface area contributed by atoms with E-state index in [-0.39, 0.29) is 11.0 Å². The number of nitro benzene ring substituents is 1. The van der Waals surface area contributed by atoms with Crippen LogP contribution in [0.4, 0.5) is 5.69 Å². The fourth-order valence-corrected chi connectivity index (χ4v) is 3.88. The summed E-state index contributed by atoms with van der Waals surface area (Å²) in [5.74, 6) is 0. The van der Waals surface area contributed by atoms with Gasteiger partial charge in [-0.15, -0.1) is 0 Å². The minimum atomic E-state index is -3.20. The molecule has 2 rings (SSSR count). The molecule has 0 radical (unpaired) electrons. The summed E-state index contributed by atoms with van der Waals surface area (Å²) in [6, 6.07) is 14.2. The SMILES string of the molecule is COP(C)(=O)c1cc(Sc2ccccc2)ccc1[N+](=O)[O-].